The van der Waals surface area contributed by atoms with Crippen LogP contribution in [0, 0.1) is 0 Å². The van der Waals surface area contributed by atoms with Gasteiger partial charge in [0.15, 0.2) is 0 Å². The third-order valence-electron chi connectivity index (χ3n) is 3.73. The van der Waals surface area contributed by atoms with Crippen LogP contribution in [0.25, 0.3) is 0 Å². The van der Waals surface area contributed by atoms with E-state index in [1.807, 2.05) is 18.2 Å². The molecule has 1 aromatic carbocycles. The van der Waals surface area contributed by atoms with E-state index in [-0.39, 0.29) is 12.4 Å². The Bertz CT molecular complexity index is 391. The van der Waals surface area contributed by atoms with Crippen molar-refractivity contribution < 1.29 is 4.79 Å². The fourth-order valence-electron chi connectivity index (χ4n) is 2.70. The van der Waals surface area contributed by atoms with E-state index >= 15 is 0 Å². The number of carbonyl (C=O) groups excluding carboxylic acids is 1. The monoisotopic (exact) mass is 296 g/mol. The number of nitrogens with one attached hydrogen (secondary N) is 1. The van der Waals surface area contributed by atoms with Crippen molar-refractivity contribution in [2.45, 2.75) is 38.6 Å². The Labute approximate surface area is 128 Å². The predicted molar refractivity (Wildman–Crippen MR) is 85.3 cm³/mol. The first kappa shape index (κ1) is 17.0. The van der Waals surface area contributed by atoms with E-state index < -0.39 is 0 Å². The maximum atomic E-state index is 12.4. The highest BCUT2D eigenvalue weighted by Gasteiger charge is 2.25. The second-order valence-corrected chi connectivity index (χ2v) is 5.22. The second-order valence-electron chi connectivity index (χ2n) is 5.22. The van der Waals surface area contributed by atoms with Crippen LogP contribution in [0.4, 0.5) is 0 Å². The summed E-state index contributed by atoms with van der Waals surface area (Å²) in [6, 6.07) is 10.7. The smallest absolute Gasteiger partial charge is 0.223 e. The Morgan fingerprint density at radius 2 is 2.10 bits per heavy atom. The number of amides is 1. The molecule has 0 radical (unpaired) electrons. The van der Waals surface area contributed by atoms with Gasteiger partial charge >= 0.3 is 0 Å². The van der Waals surface area contributed by atoms with Gasteiger partial charge in [-0.3, -0.25) is 4.79 Å². The van der Waals surface area contributed by atoms with Crippen LogP contribution < -0.4 is 5.32 Å². The molecule has 4 heteroatoms. The van der Waals surface area contributed by atoms with Crippen LogP contribution in [-0.4, -0.2) is 36.5 Å². The number of hydrogen-bond acceptors (Lipinski definition) is 2. The van der Waals surface area contributed by atoms with E-state index in [1.165, 1.54) is 5.56 Å². The highest BCUT2D eigenvalue weighted by Crippen LogP contribution is 2.12. The van der Waals surface area contributed by atoms with Gasteiger partial charge < -0.3 is 10.2 Å². The lowest BCUT2D eigenvalue weighted by Gasteiger charge is -2.28. The van der Waals surface area contributed by atoms with Crippen LogP contribution in [0.2, 0.25) is 0 Å². The first-order valence-corrected chi connectivity index (χ1v) is 7.35. The van der Waals surface area contributed by atoms with Gasteiger partial charge in [0.05, 0.1) is 0 Å². The highest BCUT2D eigenvalue weighted by atomic mass is 35.5. The molecule has 1 fully saturated rings. The van der Waals surface area contributed by atoms with Crippen LogP contribution in [0.3, 0.4) is 0 Å². The van der Waals surface area contributed by atoms with E-state index in [4.69, 9.17) is 0 Å². The van der Waals surface area contributed by atoms with Gasteiger partial charge in [-0.05, 0) is 31.4 Å². The minimum absolute atomic E-state index is 0. The van der Waals surface area contributed by atoms with Crippen LogP contribution in [0.15, 0.2) is 30.3 Å². The third kappa shape index (κ3) is 4.80. The van der Waals surface area contributed by atoms with Gasteiger partial charge in [-0.1, -0.05) is 37.3 Å². The lowest BCUT2D eigenvalue weighted by molar-refractivity contribution is -0.133. The summed E-state index contributed by atoms with van der Waals surface area (Å²) in [6.45, 7) is 5.02. The molecule has 2 rings (SSSR count). The fourth-order valence-corrected chi connectivity index (χ4v) is 2.70. The summed E-state index contributed by atoms with van der Waals surface area (Å²) < 4.78 is 0. The molecule has 0 saturated carbocycles. The zero-order valence-electron chi connectivity index (χ0n) is 12.2. The number of hydrogen-bond donors (Lipinski definition) is 1. The van der Waals surface area contributed by atoms with Crippen LogP contribution in [0.5, 0.6) is 0 Å². The quantitative estimate of drug-likeness (QED) is 0.875. The van der Waals surface area contributed by atoms with Gasteiger partial charge in [0.2, 0.25) is 5.91 Å². The maximum absolute atomic E-state index is 12.4. The molecule has 1 aliphatic heterocycles. The Hall–Kier alpha value is -1.06. The molecule has 0 aliphatic carbocycles. The van der Waals surface area contributed by atoms with Crippen molar-refractivity contribution in [3.8, 4) is 0 Å². The first-order valence-electron chi connectivity index (χ1n) is 7.35. The first-order chi connectivity index (χ1) is 9.31. The molecule has 3 nitrogen and oxygen atoms in total. The van der Waals surface area contributed by atoms with Gasteiger partial charge in [-0.2, -0.15) is 0 Å². The zero-order valence-corrected chi connectivity index (χ0v) is 13.0. The second kappa shape index (κ2) is 8.98. The molecular formula is C16H25ClN2O. The van der Waals surface area contributed by atoms with Crippen LogP contribution in [-0.2, 0) is 11.2 Å². The minimum Gasteiger partial charge on any atom is -0.338 e. The van der Waals surface area contributed by atoms with Crippen molar-refractivity contribution in [3.05, 3.63) is 35.9 Å². The number of nitrogens with zero attached hydrogens (tertiary/aromatic N) is 1. The number of benzene rings is 1. The maximum Gasteiger partial charge on any atom is 0.223 e. The van der Waals surface area contributed by atoms with E-state index in [1.54, 1.807) is 0 Å². The van der Waals surface area contributed by atoms with E-state index in [0.29, 0.717) is 18.4 Å². The number of rotatable bonds is 6. The van der Waals surface area contributed by atoms with E-state index in [0.717, 1.165) is 38.9 Å². The average molecular weight is 297 g/mol. The summed E-state index contributed by atoms with van der Waals surface area (Å²) >= 11 is 0. The van der Waals surface area contributed by atoms with Gasteiger partial charge in [-0.25, -0.2) is 0 Å². The SMILES string of the molecule is CCCN(C(=O)CCc1ccccc1)C1CCNC1.Cl. The Morgan fingerprint density at radius 3 is 2.70 bits per heavy atom. The summed E-state index contributed by atoms with van der Waals surface area (Å²) in [5.74, 6) is 0.305. The molecule has 1 heterocycles. The molecule has 1 unspecified atom stereocenters. The molecule has 20 heavy (non-hydrogen) atoms. The molecule has 1 aromatic rings. The standard InChI is InChI=1S/C16H24N2O.ClH/c1-2-12-18(15-10-11-17-13-15)16(19)9-8-14-6-4-3-5-7-14;/h3-7,15,17H,2,8-13H2,1H3;1H. The van der Waals surface area contributed by atoms with Gasteiger partial charge in [-0.15, -0.1) is 12.4 Å². The molecule has 0 bridgehead atoms. The number of carbonyl (C=O) groups is 1. The summed E-state index contributed by atoms with van der Waals surface area (Å²) in [5.41, 5.74) is 1.25. The Kier molecular flexibility index (Phi) is 7.63. The lowest BCUT2D eigenvalue weighted by atomic mass is 10.1. The average Bonchev–Trinajstić information content (AvgIpc) is 2.97. The molecule has 1 atom stereocenters. The van der Waals surface area contributed by atoms with Gasteiger partial charge in [0.1, 0.15) is 0 Å². The van der Waals surface area contributed by atoms with Crippen molar-refractivity contribution in [1.82, 2.24) is 10.2 Å². The largest absolute Gasteiger partial charge is 0.338 e. The molecule has 0 aromatic heterocycles. The van der Waals surface area contributed by atoms with Crippen molar-refractivity contribution in [3.63, 3.8) is 0 Å². The summed E-state index contributed by atoms with van der Waals surface area (Å²) in [4.78, 5) is 14.5. The zero-order chi connectivity index (χ0) is 13.5. The molecule has 112 valence electrons. The van der Waals surface area contributed by atoms with Crippen molar-refractivity contribution in [1.29, 1.82) is 0 Å². The Balaban J connectivity index is 0.00000200. The van der Waals surface area contributed by atoms with E-state index in [2.05, 4.69) is 29.3 Å². The molecular weight excluding hydrogens is 272 g/mol. The summed E-state index contributed by atoms with van der Waals surface area (Å²) in [5, 5.41) is 3.35. The third-order valence-corrected chi connectivity index (χ3v) is 3.73. The fraction of sp³-hybridized carbons (Fsp3) is 0.562. The highest BCUT2D eigenvalue weighted by molar-refractivity contribution is 5.85. The lowest BCUT2D eigenvalue weighted by Crippen LogP contribution is -2.42. The van der Waals surface area contributed by atoms with Crippen molar-refractivity contribution in [2.24, 2.45) is 0 Å². The van der Waals surface area contributed by atoms with Crippen LogP contribution >= 0.6 is 12.4 Å². The van der Waals surface area contributed by atoms with Crippen molar-refractivity contribution in [2.75, 3.05) is 19.6 Å². The van der Waals surface area contributed by atoms with Crippen molar-refractivity contribution >= 4 is 18.3 Å². The number of halogens is 1. The molecule has 1 N–H and O–H groups in total. The van der Waals surface area contributed by atoms with Gasteiger partial charge in [0, 0.05) is 25.6 Å². The topological polar surface area (TPSA) is 32.3 Å². The predicted octanol–water partition coefficient (Wildman–Crippen LogP) is 2.64. The molecule has 1 aliphatic rings. The number of aryl methyl sites for hydroxylation is 1. The normalized spacial score (nSPS) is 17.6. The molecule has 1 saturated heterocycles. The molecule has 1 amide bonds. The van der Waals surface area contributed by atoms with E-state index in [9.17, 15) is 4.79 Å². The van der Waals surface area contributed by atoms with Crippen LogP contribution in [0.1, 0.15) is 31.7 Å². The van der Waals surface area contributed by atoms with Gasteiger partial charge in [0.25, 0.3) is 0 Å². The Morgan fingerprint density at radius 1 is 1.35 bits per heavy atom. The minimum atomic E-state index is 0. The molecule has 0 spiro atoms. The summed E-state index contributed by atoms with van der Waals surface area (Å²) in [7, 11) is 0. The summed E-state index contributed by atoms with van der Waals surface area (Å²) in [6.07, 6.45) is 3.60.